The SMILES string of the molecule is CC(C)Oc1cc(NC2(C)CCOC2C)ncn1. The molecule has 1 aliphatic heterocycles. The van der Waals surface area contributed by atoms with Crippen LogP contribution in [0.2, 0.25) is 0 Å². The monoisotopic (exact) mass is 251 g/mol. The van der Waals surface area contributed by atoms with Gasteiger partial charge in [0.05, 0.1) is 17.7 Å². The van der Waals surface area contributed by atoms with Crippen LogP contribution in [0.3, 0.4) is 0 Å². The third-order valence-corrected chi connectivity index (χ3v) is 3.30. The molecule has 5 heteroatoms. The summed E-state index contributed by atoms with van der Waals surface area (Å²) < 4.78 is 11.2. The molecule has 2 heterocycles. The minimum absolute atomic E-state index is 0.0799. The van der Waals surface area contributed by atoms with Crippen LogP contribution in [-0.4, -0.2) is 34.3 Å². The molecule has 0 saturated carbocycles. The summed E-state index contributed by atoms with van der Waals surface area (Å²) in [7, 11) is 0. The number of ether oxygens (including phenoxy) is 2. The van der Waals surface area contributed by atoms with Gasteiger partial charge in [-0.25, -0.2) is 9.97 Å². The molecule has 2 atom stereocenters. The van der Waals surface area contributed by atoms with Crippen LogP contribution < -0.4 is 10.1 Å². The highest BCUT2D eigenvalue weighted by atomic mass is 16.5. The summed E-state index contributed by atoms with van der Waals surface area (Å²) in [4.78, 5) is 8.32. The first-order valence-corrected chi connectivity index (χ1v) is 6.38. The molecule has 2 rings (SSSR count). The Morgan fingerprint density at radius 3 is 2.89 bits per heavy atom. The zero-order chi connectivity index (χ0) is 13.2. The predicted octanol–water partition coefficient (Wildman–Crippen LogP) is 2.24. The van der Waals surface area contributed by atoms with Gasteiger partial charge in [0.2, 0.25) is 5.88 Å². The van der Waals surface area contributed by atoms with Crippen LogP contribution in [0.25, 0.3) is 0 Å². The molecule has 1 aliphatic rings. The highest BCUT2D eigenvalue weighted by Crippen LogP contribution is 2.29. The van der Waals surface area contributed by atoms with Crippen molar-refractivity contribution >= 4 is 5.82 Å². The van der Waals surface area contributed by atoms with Crippen molar-refractivity contribution in [1.82, 2.24) is 9.97 Å². The molecule has 18 heavy (non-hydrogen) atoms. The van der Waals surface area contributed by atoms with Gasteiger partial charge in [-0.2, -0.15) is 0 Å². The van der Waals surface area contributed by atoms with Crippen LogP contribution >= 0.6 is 0 Å². The molecule has 1 fully saturated rings. The predicted molar refractivity (Wildman–Crippen MR) is 69.9 cm³/mol. The molecule has 0 aromatic carbocycles. The maximum absolute atomic E-state index is 5.60. The van der Waals surface area contributed by atoms with Gasteiger partial charge in [-0.15, -0.1) is 0 Å². The first kappa shape index (κ1) is 13.1. The van der Waals surface area contributed by atoms with Crippen molar-refractivity contribution in [2.45, 2.75) is 51.9 Å². The highest BCUT2D eigenvalue weighted by molar-refractivity contribution is 5.40. The van der Waals surface area contributed by atoms with Gasteiger partial charge in [-0.1, -0.05) is 0 Å². The number of hydrogen-bond acceptors (Lipinski definition) is 5. The fourth-order valence-corrected chi connectivity index (χ4v) is 2.01. The van der Waals surface area contributed by atoms with Crippen molar-refractivity contribution in [3.05, 3.63) is 12.4 Å². The van der Waals surface area contributed by atoms with Gasteiger partial charge >= 0.3 is 0 Å². The average molecular weight is 251 g/mol. The van der Waals surface area contributed by atoms with E-state index in [9.17, 15) is 0 Å². The van der Waals surface area contributed by atoms with Crippen LogP contribution in [0, 0.1) is 0 Å². The van der Waals surface area contributed by atoms with Crippen LogP contribution in [0.5, 0.6) is 5.88 Å². The third kappa shape index (κ3) is 2.90. The summed E-state index contributed by atoms with van der Waals surface area (Å²) in [5, 5.41) is 3.42. The quantitative estimate of drug-likeness (QED) is 0.889. The third-order valence-electron chi connectivity index (χ3n) is 3.30. The lowest BCUT2D eigenvalue weighted by Gasteiger charge is -2.29. The summed E-state index contributed by atoms with van der Waals surface area (Å²) in [6.45, 7) is 8.96. The molecular weight excluding hydrogens is 230 g/mol. The summed E-state index contributed by atoms with van der Waals surface area (Å²) in [5.41, 5.74) is -0.0799. The Labute approximate surface area is 108 Å². The van der Waals surface area contributed by atoms with Crippen molar-refractivity contribution < 1.29 is 9.47 Å². The first-order chi connectivity index (χ1) is 8.49. The van der Waals surface area contributed by atoms with E-state index in [0.717, 1.165) is 18.8 Å². The molecule has 0 radical (unpaired) electrons. The Morgan fingerprint density at radius 1 is 1.50 bits per heavy atom. The fourth-order valence-electron chi connectivity index (χ4n) is 2.01. The normalized spacial score (nSPS) is 27.5. The summed E-state index contributed by atoms with van der Waals surface area (Å²) in [6, 6.07) is 1.83. The minimum Gasteiger partial charge on any atom is -0.475 e. The van der Waals surface area contributed by atoms with E-state index >= 15 is 0 Å². The van der Waals surface area contributed by atoms with E-state index in [1.54, 1.807) is 0 Å². The lowest BCUT2D eigenvalue weighted by molar-refractivity contribution is 0.105. The van der Waals surface area contributed by atoms with Crippen molar-refractivity contribution in [3.8, 4) is 5.88 Å². The molecule has 0 aliphatic carbocycles. The van der Waals surface area contributed by atoms with E-state index in [4.69, 9.17) is 9.47 Å². The molecule has 2 unspecified atom stereocenters. The number of nitrogens with one attached hydrogen (secondary N) is 1. The lowest BCUT2D eigenvalue weighted by atomic mass is 9.95. The van der Waals surface area contributed by atoms with E-state index in [2.05, 4.69) is 29.1 Å². The van der Waals surface area contributed by atoms with Crippen LogP contribution in [0.4, 0.5) is 5.82 Å². The van der Waals surface area contributed by atoms with E-state index in [1.807, 2.05) is 19.9 Å². The van der Waals surface area contributed by atoms with E-state index in [1.165, 1.54) is 6.33 Å². The Kier molecular flexibility index (Phi) is 3.71. The topological polar surface area (TPSA) is 56.3 Å². The molecule has 1 aromatic rings. The fraction of sp³-hybridized carbons (Fsp3) is 0.692. The second kappa shape index (κ2) is 5.10. The number of hydrogen-bond donors (Lipinski definition) is 1. The average Bonchev–Trinajstić information content (AvgIpc) is 2.58. The van der Waals surface area contributed by atoms with Gasteiger partial charge in [0.15, 0.2) is 0 Å². The van der Waals surface area contributed by atoms with Crippen molar-refractivity contribution in [3.63, 3.8) is 0 Å². The second-order valence-corrected chi connectivity index (χ2v) is 5.21. The Morgan fingerprint density at radius 2 is 2.28 bits per heavy atom. The molecule has 100 valence electrons. The Hall–Kier alpha value is -1.36. The number of anilines is 1. The van der Waals surface area contributed by atoms with Gasteiger partial charge in [0.25, 0.3) is 0 Å². The lowest BCUT2D eigenvalue weighted by Crippen LogP contribution is -2.41. The van der Waals surface area contributed by atoms with E-state index in [0.29, 0.717) is 5.88 Å². The van der Waals surface area contributed by atoms with Crippen molar-refractivity contribution in [2.75, 3.05) is 11.9 Å². The first-order valence-electron chi connectivity index (χ1n) is 6.38. The summed E-state index contributed by atoms with van der Waals surface area (Å²) in [6.07, 6.45) is 2.77. The molecule has 5 nitrogen and oxygen atoms in total. The smallest absolute Gasteiger partial charge is 0.218 e. The maximum Gasteiger partial charge on any atom is 0.218 e. The molecule has 1 saturated heterocycles. The van der Waals surface area contributed by atoms with Gasteiger partial charge < -0.3 is 14.8 Å². The summed E-state index contributed by atoms with van der Waals surface area (Å²) >= 11 is 0. The standard InChI is InChI=1S/C13H21N3O2/c1-9(2)18-12-7-11(14-8-15-12)16-13(4)5-6-17-10(13)3/h7-10H,5-6H2,1-4H3,(H,14,15,16). The van der Waals surface area contributed by atoms with Crippen molar-refractivity contribution in [1.29, 1.82) is 0 Å². The maximum atomic E-state index is 5.60. The number of nitrogens with zero attached hydrogens (tertiary/aromatic N) is 2. The van der Waals surface area contributed by atoms with Crippen LogP contribution in [-0.2, 0) is 4.74 Å². The second-order valence-electron chi connectivity index (χ2n) is 5.21. The molecule has 1 N–H and O–H groups in total. The molecule has 1 aromatic heterocycles. The largest absolute Gasteiger partial charge is 0.475 e. The van der Waals surface area contributed by atoms with Gasteiger partial charge in [0, 0.05) is 12.7 Å². The highest BCUT2D eigenvalue weighted by Gasteiger charge is 2.37. The Bertz CT molecular complexity index is 411. The van der Waals surface area contributed by atoms with Gasteiger partial charge in [0.1, 0.15) is 12.1 Å². The van der Waals surface area contributed by atoms with Gasteiger partial charge in [-0.05, 0) is 34.1 Å². The zero-order valence-electron chi connectivity index (χ0n) is 11.4. The molecular formula is C13H21N3O2. The zero-order valence-corrected chi connectivity index (χ0v) is 11.4. The molecule has 0 bridgehead atoms. The van der Waals surface area contributed by atoms with Crippen LogP contribution in [0.1, 0.15) is 34.1 Å². The van der Waals surface area contributed by atoms with E-state index < -0.39 is 0 Å². The Balaban J connectivity index is 2.09. The number of aromatic nitrogens is 2. The molecule has 0 spiro atoms. The molecule has 0 amide bonds. The van der Waals surface area contributed by atoms with E-state index in [-0.39, 0.29) is 17.7 Å². The van der Waals surface area contributed by atoms with Crippen molar-refractivity contribution in [2.24, 2.45) is 0 Å². The summed E-state index contributed by atoms with van der Waals surface area (Å²) in [5.74, 6) is 1.37. The minimum atomic E-state index is -0.0799. The van der Waals surface area contributed by atoms with Gasteiger partial charge in [-0.3, -0.25) is 0 Å². The van der Waals surface area contributed by atoms with Crippen LogP contribution in [0.15, 0.2) is 12.4 Å². The number of rotatable bonds is 4.